The van der Waals surface area contributed by atoms with Crippen LogP contribution in [0.5, 0.6) is 11.5 Å². The number of nitrogens with two attached hydrogens (primary N) is 1. The monoisotopic (exact) mass is 559 g/mol. The molecular weight excluding hydrogens is 532 g/mol. The third-order valence-electron chi connectivity index (χ3n) is 5.48. The van der Waals surface area contributed by atoms with E-state index in [1.807, 2.05) is 0 Å². The summed E-state index contributed by atoms with van der Waals surface area (Å²) in [7, 11) is 1.30. The van der Waals surface area contributed by atoms with E-state index < -0.39 is 13.9 Å². The fraction of sp³-hybridized carbons (Fsp3) is 0.280. The minimum Gasteiger partial charge on any atom is -0.493 e. The van der Waals surface area contributed by atoms with Crippen LogP contribution in [0.25, 0.3) is 11.2 Å². The largest absolute Gasteiger partial charge is 0.493 e. The number of halogens is 1. The molecule has 0 saturated carbocycles. The Kier molecular flexibility index (Phi) is 9.55. The molecule has 0 aliphatic heterocycles. The number of carbonyl (C=O) groups is 1. The average molecular weight is 559 g/mol. The van der Waals surface area contributed by atoms with Crippen molar-refractivity contribution in [1.29, 1.82) is 0 Å². The van der Waals surface area contributed by atoms with Gasteiger partial charge in [0.2, 0.25) is 5.95 Å². The lowest BCUT2D eigenvalue weighted by atomic mass is 10.1. The molecule has 2 aromatic carbocycles. The van der Waals surface area contributed by atoms with Crippen LogP contribution in [0, 0.1) is 5.82 Å². The highest BCUT2D eigenvalue weighted by atomic mass is 31.2. The topological polar surface area (TPSA) is 153 Å². The molecule has 12 nitrogen and oxygen atoms in total. The number of nitrogen functional groups attached to an aromatic ring is 1. The summed E-state index contributed by atoms with van der Waals surface area (Å²) in [4.78, 5) is 35.3. The van der Waals surface area contributed by atoms with Crippen molar-refractivity contribution in [2.45, 2.75) is 13.2 Å². The minimum absolute atomic E-state index is 0.0167. The number of nitrogens with one attached hydrogen (secondary N) is 1. The van der Waals surface area contributed by atoms with Crippen LogP contribution in [0.4, 0.5) is 10.3 Å². The number of nitrogens with zero attached hydrogens (tertiary/aromatic N) is 3. The van der Waals surface area contributed by atoms with Gasteiger partial charge < -0.3 is 33.6 Å². The van der Waals surface area contributed by atoms with Crippen LogP contribution in [0.15, 0.2) is 53.6 Å². The normalized spacial score (nSPS) is 12.0. The number of carbonyl (C=O) groups excluding carboxylic acids is 1. The van der Waals surface area contributed by atoms with Crippen molar-refractivity contribution in [3.05, 3.63) is 76.1 Å². The van der Waals surface area contributed by atoms with Gasteiger partial charge in [-0.15, -0.1) is 0 Å². The Labute approximate surface area is 223 Å². The number of rotatable bonds is 14. The molecule has 0 spiro atoms. The molecule has 2 aromatic heterocycles. The number of hydrogen-bond donors (Lipinski definition) is 2. The van der Waals surface area contributed by atoms with Gasteiger partial charge in [0.25, 0.3) is 5.56 Å². The van der Waals surface area contributed by atoms with E-state index in [-0.39, 0.29) is 49.2 Å². The Balaban J connectivity index is 1.37. The first kappa shape index (κ1) is 28.1. The Bertz CT molecular complexity index is 1500. The summed E-state index contributed by atoms with van der Waals surface area (Å²) >= 11 is 0. The van der Waals surface area contributed by atoms with Crippen LogP contribution >= 0.6 is 8.38 Å². The van der Waals surface area contributed by atoms with Crippen molar-refractivity contribution in [3.8, 4) is 11.5 Å². The lowest BCUT2D eigenvalue weighted by Crippen LogP contribution is -2.13. The number of fused-ring (bicyclic) bond motifs is 1. The third-order valence-corrected chi connectivity index (χ3v) is 6.70. The van der Waals surface area contributed by atoms with E-state index in [2.05, 4.69) is 15.0 Å². The number of hydrogen-bond acceptors (Lipinski definition) is 10. The summed E-state index contributed by atoms with van der Waals surface area (Å²) in [5.74, 6) is 0.217. The van der Waals surface area contributed by atoms with Gasteiger partial charge in [-0.2, -0.15) is 4.98 Å². The van der Waals surface area contributed by atoms with Crippen LogP contribution in [-0.4, -0.2) is 59.1 Å². The number of Topliss-reactive ketones (excluding diaryl/α,β-unsaturated/α-hetero) is 1. The van der Waals surface area contributed by atoms with Crippen LogP contribution < -0.4 is 20.8 Å². The van der Waals surface area contributed by atoms with Crippen LogP contribution in [0.1, 0.15) is 15.9 Å². The van der Waals surface area contributed by atoms with E-state index in [1.165, 1.54) is 32.7 Å². The van der Waals surface area contributed by atoms with Crippen molar-refractivity contribution in [1.82, 2.24) is 19.5 Å². The van der Waals surface area contributed by atoms with Gasteiger partial charge >= 0.3 is 0 Å². The van der Waals surface area contributed by atoms with E-state index in [1.54, 1.807) is 34.9 Å². The molecule has 0 radical (unpaired) electrons. The molecule has 14 heteroatoms. The van der Waals surface area contributed by atoms with Gasteiger partial charge in [0, 0.05) is 12.1 Å². The second kappa shape index (κ2) is 13.3. The molecular formula is C25H27FN5O7P. The molecule has 0 aliphatic rings. The van der Waals surface area contributed by atoms with Crippen molar-refractivity contribution >= 4 is 31.3 Å². The standard InChI is InChI=1S/C25H27FN5O7P/c1-34-20-7-6-17(11-21(20)35-2)19(32)13-38-39(37-12-16-4-3-5-18(26)10-16)15-36-9-8-31-14-28-22-23(31)29-25(27)30-24(22)33/h3-7,10-11,14H,8-9,12-13,15H2,1-2H3,(H3,27,29,30,33). The van der Waals surface area contributed by atoms with Crippen molar-refractivity contribution < 1.29 is 32.4 Å². The Hall–Kier alpha value is -3.90. The first-order chi connectivity index (χ1) is 18.9. The SMILES string of the molecule is COc1ccc(C(=O)COP(COCCn2cnc3c(=O)[nH]c(N)nc32)OCc2cccc(F)c2)cc1OC. The number of ether oxygens (including phenoxy) is 3. The van der Waals surface area contributed by atoms with Crippen molar-refractivity contribution in [2.24, 2.45) is 0 Å². The fourth-order valence-electron chi connectivity index (χ4n) is 3.55. The average Bonchev–Trinajstić information content (AvgIpc) is 3.34. The molecule has 0 bridgehead atoms. The smallest absolute Gasteiger partial charge is 0.280 e. The van der Waals surface area contributed by atoms with E-state index in [4.69, 9.17) is 29.0 Å². The number of aromatic nitrogens is 4. The zero-order valence-electron chi connectivity index (χ0n) is 21.3. The predicted molar refractivity (Wildman–Crippen MR) is 141 cm³/mol. The Morgan fingerprint density at radius 1 is 1.13 bits per heavy atom. The predicted octanol–water partition coefficient (Wildman–Crippen LogP) is 3.26. The summed E-state index contributed by atoms with van der Waals surface area (Å²) in [6, 6.07) is 10.8. The highest BCUT2D eigenvalue weighted by molar-refractivity contribution is 7.47. The van der Waals surface area contributed by atoms with Crippen LogP contribution in [0.2, 0.25) is 0 Å². The van der Waals surface area contributed by atoms with E-state index in [9.17, 15) is 14.0 Å². The van der Waals surface area contributed by atoms with Gasteiger partial charge in [0.1, 0.15) is 18.8 Å². The second-order valence-electron chi connectivity index (χ2n) is 8.10. The lowest BCUT2D eigenvalue weighted by molar-refractivity contribution is 0.0896. The summed E-state index contributed by atoms with van der Waals surface area (Å²) < 4.78 is 43.1. The molecule has 1 unspecified atom stereocenters. The molecule has 4 rings (SSSR count). The number of methoxy groups -OCH3 is 2. The van der Waals surface area contributed by atoms with Gasteiger partial charge in [-0.05, 0) is 35.9 Å². The summed E-state index contributed by atoms with van der Waals surface area (Å²) in [6.07, 6.45) is 1.50. The highest BCUT2D eigenvalue weighted by Crippen LogP contribution is 2.39. The van der Waals surface area contributed by atoms with E-state index in [0.29, 0.717) is 34.8 Å². The maximum atomic E-state index is 13.6. The van der Waals surface area contributed by atoms with Crippen LogP contribution in [-0.2, 0) is 26.9 Å². The molecule has 1 atom stereocenters. The first-order valence-corrected chi connectivity index (χ1v) is 13.1. The molecule has 2 heterocycles. The zero-order valence-corrected chi connectivity index (χ0v) is 22.2. The third kappa shape index (κ3) is 7.36. The van der Waals surface area contributed by atoms with Gasteiger partial charge in [0.05, 0.1) is 33.8 Å². The Morgan fingerprint density at radius 2 is 1.95 bits per heavy atom. The molecule has 0 saturated heterocycles. The van der Waals surface area contributed by atoms with Crippen molar-refractivity contribution in [3.63, 3.8) is 0 Å². The quantitative estimate of drug-likeness (QED) is 0.134. The van der Waals surface area contributed by atoms with E-state index in [0.717, 1.165) is 0 Å². The summed E-state index contributed by atoms with van der Waals surface area (Å²) in [5, 5.41) is 0. The van der Waals surface area contributed by atoms with Crippen LogP contribution in [0.3, 0.4) is 0 Å². The first-order valence-electron chi connectivity index (χ1n) is 11.7. The maximum absolute atomic E-state index is 13.6. The second-order valence-corrected chi connectivity index (χ2v) is 9.54. The highest BCUT2D eigenvalue weighted by Gasteiger charge is 2.17. The molecule has 0 fully saturated rings. The lowest BCUT2D eigenvalue weighted by Gasteiger charge is -2.18. The number of ketones is 1. The molecule has 39 heavy (non-hydrogen) atoms. The molecule has 206 valence electrons. The number of aromatic amines is 1. The van der Waals surface area contributed by atoms with Crippen molar-refractivity contribution in [2.75, 3.05) is 39.5 Å². The Morgan fingerprint density at radius 3 is 2.72 bits per heavy atom. The molecule has 4 aromatic rings. The molecule has 0 amide bonds. The molecule has 3 N–H and O–H groups in total. The number of H-pyrrole nitrogens is 1. The maximum Gasteiger partial charge on any atom is 0.280 e. The zero-order chi connectivity index (χ0) is 27.8. The number of imidazole rings is 1. The number of anilines is 1. The summed E-state index contributed by atoms with van der Waals surface area (Å²) in [6.45, 7) is 0.320. The van der Waals surface area contributed by atoms with Gasteiger partial charge in [-0.25, -0.2) is 9.37 Å². The fourth-order valence-corrected chi connectivity index (χ4v) is 4.60. The minimum atomic E-state index is -1.69. The number of benzene rings is 2. The molecule has 0 aliphatic carbocycles. The van der Waals surface area contributed by atoms with E-state index >= 15 is 0 Å². The van der Waals surface area contributed by atoms with Gasteiger partial charge in [-0.3, -0.25) is 14.6 Å². The van der Waals surface area contributed by atoms with Gasteiger partial charge in [0.15, 0.2) is 36.8 Å². The van der Waals surface area contributed by atoms with Gasteiger partial charge in [-0.1, -0.05) is 12.1 Å². The summed E-state index contributed by atoms with van der Waals surface area (Å²) in [5.41, 5.74) is 6.69.